The van der Waals surface area contributed by atoms with E-state index >= 15 is 0 Å². The van der Waals surface area contributed by atoms with E-state index < -0.39 is 0 Å². The van der Waals surface area contributed by atoms with Crippen molar-refractivity contribution < 1.29 is 14.3 Å². The van der Waals surface area contributed by atoms with Crippen LogP contribution in [0.3, 0.4) is 0 Å². The molecule has 0 spiro atoms. The van der Waals surface area contributed by atoms with Gasteiger partial charge in [-0.05, 0) is 20.4 Å². The molecule has 5 heteroatoms. The monoisotopic (exact) mass is 202 g/mol. The van der Waals surface area contributed by atoms with E-state index in [-0.39, 0.29) is 17.9 Å². The van der Waals surface area contributed by atoms with Crippen molar-refractivity contribution in [3.8, 4) is 0 Å². The molecule has 0 rings (SSSR count). The summed E-state index contributed by atoms with van der Waals surface area (Å²) in [7, 11) is 3.07. The zero-order valence-electron chi connectivity index (χ0n) is 8.92. The van der Waals surface area contributed by atoms with E-state index in [0.29, 0.717) is 19.4 Å². The van der Waals surface area contributed by atoms with Gasteiger partial charge >= 0.3 is 5.97 Å². The summed E-state index contributed by atoms with van der Waals surface area (Å²) in [5.41, 5.74) is 0. The number of hydrogen-bond acceptors (Lipinski definition) is 4. The molecule has 14 heavy (non-hydrogen) atoms. The number of methoxy groups -OCH3 is 1. The Kier molecular flexibility index (Phi) is 6.74. The van der Waals surface area contributed by atoms with Gasteiger partial charge in [0.2, 0.25) is 5.91 Å². The molecule has 0 aromatic heterocycles. The number of rotatable bonds is 6. The maximum Gasteiger partial charge on any atom is 0.305 e. The highest BCUT2D eigenvalue weighted by atomic mass is 16.5. The number of nitrogens with one attached hydrogen (secondary N) is 2. The van der Waals surface area contributed by atoms with Crippen LogP contribution in [0.5, 0.6) is 0 Å². The largest absolute Gasteiger partial charge is 0.469 e. The molecule has 0 aromatic rings. The van der Waals surface area contributed by atoms with Crippen molar-refractivity contribution in [2.45, 2.75) is 25.8 Å². The molecule has 0 saturated carbocycles. The van der Waals surface area contributed by atoms with Gasteiger partial charge in [-0.25, -0.2) is 0 Å². The SMILES string of the molecule is CNC(C)C(=O)NCCCC(=O)OC. The van der Waals surface area contributed by atoms with Crippen molar-refractivity contribution in [3.05, 3.63) is 0 Å². The first-order valence-corrected chi connectivity index (χ1v) is 4.63. The van der Waals surface area contributed by atoms with Crippen LogP contribution in [0.4, 0.5) is 0 Å². The summed E-state index contributed by atoms with van der Waals surface area (Å²) in [6, 6.07) is -0.201. The van der Waals surface area contributed by atoms with Gasteiger partial charge in [0.1, 0.15) is 0 Å². The van der Waals surface area contributed by atoms with E-state index in [1.165, 1.54) is 7.11 Å². The Hall–Kier alpha value is -1.10. The Bertz CT molecular complexity index is 194. The second-order valence-corrected chi connectivity index (χ2v) is 2.98. The van der Waals surface area contributed by atoms with E-state index in [9.17, 15) is 9.59 Å². The second kappa shape index (κ2) is 7.32. The minimum absolute atomic E-state index is 0.0580. The van der Waals surface area contributed by atoms with Crippen LogP contribution in [-0.2, 0) is 14.3 Å². The van der Waals surface area contributed by atoms with Gasteiger partial charge in [-0.1, -0.05) is 0 Å². The smallest absolute Gasteiger partial charge is 0.305 e. The molecule has 82 valence electrons. The van der Waals surface area contributed by atoms with Crippen molar-refractivity contribution in [3.63, 3.8) is 0 Å². The molecule has 5 nitrogen and oxygen atoms in total. The minimum atomic E-state index is -0.249. The highest BCUT2D eigenvalue weighted by Crippen LogP contribution is 1.90. The third kappa shape index (κ3) is 5.53. The number of carbonyl (C=O) groups excluding carboxylic acids is 2. The molecule has 2 N–H and O–H groups in total. The van der Waals surface area contributed by atoms with Crippen molar-refractivity contribution in [2.75, 3.05) is 20.7 Å². The van der Waals surface area contributed by atoms with E-state index in [4.69, 9.17) is 0 Å². The molecule has 0 aliphatic carbocycles. The van der Waals surface area contributed by atoms with Gasteiger partial charge in [-0.15, -0.1) is 0 Å². The topological polar surface area (TPSA) is 67.4 Å². The lowest BCUT2D eigenvalue weighted by Gasteiger charge is -2.10. The van der Waals surface area contributed by atoms with Crippen LogP contribution >= 0.6 is 0 Å². The molecule has 1 atom stereocenters. The molecular formula is C9H18N2O3. The molecule has 0 fully saturated rings. The summed E-state index contributed by atoms with van der Waals surface area (Å²) in [6.07, 6.45) is 0.944. The number of likely N-dealkylation sites (N-methyl/N-ethyl adjacent to an activating group) is 1. The molecule has 0 heterocycles. The summed E-state index contributed by atoms with van der Waals surface area (Å²) in [5, 5.41) is 5.53. The Balaban J connectivity index is 3.45. The van der Waals surface area contributed by atoms with Crippen molar-refractivity contribution in [2.24, 2.45) is 0 Å². The Labute approximate surface area is 84.2 Å². The first-order valence-electron chi connectivity index (χ1n) is 4.63. The lowest BCUT2D eigenvalue weighted by Crippen LogP contribution is -2.40. The lowest BCUT2D eigenvalue weighted by molar-refractivity contribution is -0.140. The van der Waals surface area contributed by atoms with Crippen LogP contribution in [0.15, 0.2) is 0 Å². The Morgan fingerprint density at radius 1 is 1.43 bits per heavy atom. The third-order valence-corrected chi connectivity index (χ3v) is 1.91. The standard InChI is InChI=1S/C9H18N2O3/c1-7(10-2)9(13)11-6-4-5-8(12)14-3/h7,10H,4-6H2,1-3H3,(H,11,13). The van der Waals surface area contributed by atoms with Gasteiger partial charge in [-0.2, -0.15) is 0 Å². The van der Waals surface area contributed by atoms with Crippen molar-refractivity contribution in [1.29, 1.82) is 0 Å². The minimum Gasteiger partial charge on any atom is -0.469 e. The van der Waals surface area contributed by atoms with Gasteiger partial charge in [-0.3, -0.25) is 9.59 Å². The number of carbonyl (C=O) groups is 2. The zero-order valence-corrected chi connectivity index (χ0v) is 8.92. The van der Waals surface area contributed by atoms with Crippen LogP contribution in [0.1, 0.15) is 19.8 Å². The fourth-order valence-electron chi connectivity index (χ4n) is 0.831. The summed E-state index contributed by atoms with van der Waals surface area (Å²) >= 11 is 0. The van der Waals surface area contributed by atoms with Gasteiger partial charge in [0, 0.05) is 13.0 Å². The fourth-order valence-corrected chi connectivity index (χ4v) is 0.831. The van der Waals surface area contributed by atoms with Crippen LogP contribution in [0, 0.1) is 0 Å². The van der Waals surface area contributed by atoms with Crippen molar-refractivity contribution in [1.82, 2.24) is 10.6 Å². The normalized spacial score (nSPS) is 11.9. The average molecular weight is 202 g/mol. The zero-order chi connectivity index (χ0) is 11.0. The summed E-state index contributed by atoms with van der Waals surface area (Å²) in [5.74, 6) is -0.307. The molecule has 0 aliphatic rings. The number of ether oxygens (including phenoxy) is 1. The highest BCUT2D eigenvalue weighted by molar-refractivity contribution is 5.81. The predicted molar refractivity (Wildman–Crippen MR) is 52.8 cm³/mol. The molecular weight excluding hydrogens is 184 g/mol. The maximum atomic E-state index is 11.2. The quantitative estimate of drug-likeness (QED) is 0.457. The summed E-state index contributed by atoms with van der Waals surface area (Å²) < 4.78 is 4.46. The molecule has 0 bridgehead atoms. The number of esters is 1. The molecule has 0 aliphatic heterocycles. The number of amides is 1. The summed E-state index contributed by atoms with van der Waals surface area (Å²) in [4.78, 5) is 21.9. The second-order valence-electron chi connectivity index (χ2n) is 2.98. The van der Waals surface area contributed by atoms with E-state index in [2.05, 4.69) is 15.4 Å². The first kappa shape index (κ1) is 12.9. The predicted octanol–water partition coefficient (Wildman–Crippen LogP) is -0.336. The molecule has 1 unspecified atom stereocenters. The Morgan fingerprint density at radius 2 is 2.07 bits per heavy atom. The van der Waals surface area contributed by atoms with Gasteiger partial charge in [0.25, 0.3) is 0 Å². The number of hydrogen-bond donors (Lipinski definition) is 2. The highest BCUT2D eigenvalue weighted by Gasteiger charge is 2.08. The fraction of sp³-hybridized carbons (Fsp3) is 0.778. The van der Waals surface area contributed by atoms with Crippen LogP contribution in [-0.4, -0.2) is 38.6 Å². The van der Waals surface area contributed by atoms with Crippen LogP contribution < -0.4 is 10.6 Å². The van der Waals surface area contributed by atoms with Gasteiger partial charge in [0.05, 0.1) is 13.2 Å². The summed E-state index contributed by atoms with van der Waals surface area (Å²) in [6.45, 7) is 2.27. The molecule has 0 aromatic carbocycles. The van der Waals surface area contributed by atoms with Crippen LogP contribution in [0.25, 0.3) is 0 Å². The van der Waals surface area contributed by atoms with E-state index in [1.54, 1.807) is 14.0 Å². The Morgan fingerprint density at radius 3 is 2.57 bits per heavy atom. The third-order valence-electron chi connectivity index (χ3n) is 1.91. The average Bonchev–Trinajstić information content (AvgIpc) is 2.22. The maximum absolute atomic E-state index is 11.2. The van der Waals surface area contributed by atoms with Crippen LogP contribution in [0.2, 0.25) is 0 Å². The van der Waals surface area contributed by atoms with E-state index in [0.717, 1.165) is 0 Å². The molecule has 0 saturated heterocycles. The van der Waals surface area contributed by atoms with Gasteiger partial charge in [0.15, 0.2) is 0 Å². The van der Waals surface area contributed by atoms with Crippen molar-refractivity contribution >= 4 is 11.9 Å². The molecule has 0 radical (unpaired) electrons. The molecule has 1 amide bonds. The van der Waals surface area contributed by atoms with E-state index in [1.807, 2.05) is 0 Å². The first-order chi connectivity index (χ1) is 6.61. The van der Waals surface area contributed by atoms with Gasteiger partial charge < -0.3 is 15.4 Å². The lowest BCUT2D eigenvalue weighted by atomic mass is 10.3.